The van der Waals surface area contributed by atoms with Crippen LogP contribution in [-0.4, -0.2) is 29.5 Å². The molecule has 1 unspecified atom stereocenters. The van der Waals surface area contributed by atoms with E-state index in [4.69, 9.17) is 0 Å². The van der Waals surface area contributed by atoms with Crippen LogP contribution in [0, 0.1) is 0 Å². The lowest BCUT2D eigenvalue weighted by Crippen LogP contribution is -2.81. The normalized spacial score (nSPS) is 14.4. The van der Waals surface area contributed by atoms with Crippen LogP contribution < -0.4 is 15.4 Å². The summed E-state index contributed by atoms with van der Waals surface area (Å²) in [4.78, 5) is 31.2. The molecule has 1 atom stereocenters. The second kappa shape index (κ2) is 14.6. The molecular formula is C32H37N3O3. The van der Waals surface area contributed by atoms with Gasteiger partial charge in [-0.1, -0.05) is 97.9 Å². The number of para-hydroxylation sites is 1. The highest BCUT2D eigenvalue weighted by atomic mass is 16.4. The lowest BCUT2D eigenvalue weighted by molar-refractivity contribution is -0.508. The fourth-order valence-corrected chi connectivity index (χ4v) is 4.26. The van der Waals surface area contributed by atoms with Crippen LogP contribution in [0.15, 0.2) is 89.9 Å². The molecule has 3 aromatic rings. The van der Waals surface area contributed by atoms with Gasteiger partial charge in [0.25, 0.3) is 0 Å². The molecule has 0 radical (unpaired) electrons. The zero-order chi connectivity index (χ0) is 27.3. The van der Waals surface area contributed by atoms with Gasteiger partial charge in [0.05, 0.1) is 17.4 Å². The Morgan fingerprint density at radius 1 is 0.868 bits per heavy atom. The van der Waals surface area contributed by atoms with E-state index in [1.807, 2.05) is 38.1 Å². The van der Waals surface area contributed by atoms with E-state index < -0.39 is 11.9 Å². The average Bonchev–Trinajstić information content (AvgIpc) is 2.94. The molecule has 1 saturated carbocycles. The smallest absolute Gasteiger partial charge is 0.389 e. The summed E-state index contributed by atoms with van der Waals surface area (Å²) in [6.07, 6.45) is 6.52. The summed E-state index contributed by atoms with van der Waals surface area (Å²) in [6, 6.07) is 26.3. The second-order valence-corrected chi connectivity index (χ2v) is 9.74. The number of ketones is 1. The molecule has 0 aromatic heterocycles. The van der Waals surface area contributed by atoms with Gasteiger partial charge in [0, 0.05) is 23.0 Å². The van der Waals surface area contributed by atoms with Crippen molar-refractivity contribution >= 4 is 29.1 Å². The van der Waals surface area contributed by atoms with Crippen LogP contribution in [0.25, 0.3) is 0 Å². The Kier molecular flexibility index (Phi) is 11.0. The molecule has 6 heteroatoms. The number of aliphatic imine (C=N–C) groups is 1. The van der Waals surface area contributed by atoms with Crippen LogP contribution in [0.1, 0.15) is 80.3 Å². The highest BCUT2D eigenvalue weighted by Gasteiger charge is 2.16. The van der Waals surface area contributed by atoms with Crippen molar-refractivity contribution in [3.63, 3.8) is 0 Å². The van der Waals surface area contributed by atoms with Crippen LogP contribution >= 0.6 is 0 Å². The Labute approximate surface area is 225 Å². The Morgan fingerprint density at radius 2 is 1.47 bits per heavy atom. The van der Waals surface area contributed by atoms with Gasteiger partial charge < -0.3 is 9.90 Å². The number of carbonyl (C=O) groups is 2. The van der Waals surface area contributed by atoms with E-state index in [-0.39, 0.29) is 5.78 Å². The number of rotatable bonds is 6. The first-order valence-corrected chi connectivity index (χ1v) is 13.2. The predicted octanol–water partition coefficient (Wildman–Crippen LogP) is 4.12. The van der Waals surface area contributed by atoms with Gasteiger partial charge in [-0.3, -0.25) is 9.79 Å². The first-order chi connectivity index (χ1) is 18.3. The monoisotopic (exact) mass is 511 g/mol. The van der Waals surface area contributed by atoms with E-state index in [0.29, 0.717) is 22.7 Å². The molecule has 1 aliphatic carbocycles. The number of nitrogens with zero attached hydrogens (tertiary/aromatic N) is 1. The Hall–Kier alpha value is -4.06. The molecule has 2 N–H and O–H groups in total. The summed E-state index contributed by atoms with van der Waals surface area (Å²) in [6.45, 7) is 5.59. The van der Waals surface area contributed by atoms with Crippen molar-refractivity contribution in [3.8, 4) is 0 Å². The van der Waals surface area contributed by atoms with Gasteiger partial charge in [-0.25, -0.2) is 5.32 Å². The summed E-state index contributed by atoms with van der Waals surface area (Å²) < 4.78 is 0. The molecule has 1 aliphatic rings. The van der Waals surface area contributed by atoms with Gasteiger partial charge in [0.2, 0.25) is 0 Å². The number of hydrogen-bond acceptors (Lipinski definition) is 3. The third-order valence-corrected chi connectivity index (χ3v) is 6.36. The molecule has 4 rings (SSSR count). The van der Waals surface area contributed by atoms with Crippen LogP contribution in [0.5, 0.6) is 0 Å². The maximum Gasteiger partial charge on any atom is 0.389 e. The number of guanidine groups is 1. The van der Waals surface area contributed by atoms with E-state index in [1.165, 1.54) is 32.1 Å². The molecule has 198 valence electrons. The molecule has 0 heterocycles. The van der Waals surface area contributed by atoms with Gasteiger partial charge in [-0.2, -0.15) is 0 Å². The van der Waals surface area contributed by atoms with E-state index in [2.05, 4.69) is 27.4 Å². The van der Waals surface area contributed by atoms with E-state index >= 15 is 0 Å². The third kappa shape index (κ3) is 9.11. The number of benzene rings is 3. The number of aliphatic carboxylic acids is 1. The molecule has 3 aromatic carbocycles. The van der Waals surface area contributed by atoms with Gasteiger partial charge >= 0.3 is 5.96 Å². The fraction of sp³-hybridized carbons (Fsp3) is 0.312. The second-order valence-electron chi connectivity index (χ2n) is 9.74. The number of anilines is 1. The number of hydrogen-bond donors (Lipinski definition) is 2. The number of carboxylic acids is 1. The molecule has 0 aliphatic heterocycles. The highest BCUT2D eigenvalue weighted by Crippen LogP contribution is 2.18. The minimum atomic E-state index is -1.15. The standard InChI is InChI=1S/C16H23N3.C16H14O3/c1-13(2)17-16(18-14-9-5-3-6-10-14)19-15-11-7-4-8-12-15;1-11(16(18)19)13-8-5-9-14(10-13)15(17)12-6-3-2-4-7-12/h3,5-6,9-10,15H,4,7-8,11-12H2,1-2H3,(H,18,19);2-11H,1H3,(H,18,19). The molecule has 6 nitrogen and oxygen atoms in total. The average molecular weight is 512 g/mol. The largest absolute Gasteiger partial charge is 0.550 e. The molecular weight excluding hydrogens is 474 g/mol. The molecule has 38 heavy (non-hydrogen) atoms. The van der Waals surface area contributed by atoms with Crippen LogP contribution in [0.4, 0.5) is 5.69 Å². The maximum absolute atomic E-state index is 12.2. The van der Waals surface area contributed by atoms with Gasteiger partial charge in [0.1, 0.15) is 0 Å². The van der Waals surface area contributed by atoms with E-state index in [0.717, 1.165) is 17.4 Å². The van der Waals surface area contributed by atoms with Crippen LogP contribution in [0.2, 0.25) is 0 Å². The lowest BCUT2D eigenvalue weighted by Gasteiger charge is -2.16. The Morgan fingerprint density at radius 3 is 2.08 bits per heavy atom. The van der Waals surface area contributed by atoms with Crippen molar-refractivity contribution in [1.29, 1.82) is 0 Å². The van der Waals surface area contributed by atoms with Crippen molar-refractivity contribution < 1.29 is 19.7 Å². The zero-order valence-corrected chi connectivity index (χ0v) is 22.4. The summed E-state index contributed by atoms with van der Waals surface area (Å²) in [7, 11) is 0. The number of carboxylic acid groups (broad SMARTS) is 1. The molecule has 0 amide bonds. The Balaban J connectivity index is 0.000000211. The maximum atomic E-state index is 12.2. The molecule has 0 bridgehead atoms. The first kappa shape index (κ1) is 28.5. The molecule has 0 spiro atoms. The molecule has 0 saturated heterocycles. The number of carbonyl (C=O) groups excluding carboxylic acids is 2. The van der Waals surface area contributed by atoms with Crippen molar-refractivity contribution in [3.05, 3.63) is 102 Å². The summed E-state index contributed by atoms with van der Waals surface area (Å²) in [5, 5.41) is 14.2. The predicted molar refractivity (Wildman–Crippen MR) is 151 cm³/mol. The first-order valence-electron chi connectivity index (χ1n) is 13.2. The topological polar surface area (TPSA) is 95.6 Å². The van der Waals surface area contributed by atoms with Crippen LogP contribution in [0.3, 0.4) is 0 Å². The quantitative estimate of drug-likeness (QED) is 0.296. The highest BCUT2D eigenvalue weighted by molar-refractivity contribution is 6.09. The van der Waals surface area contributed by atoms with E-state index in [1.54, 1.807) is 55.5 Å². The van der Waals surface area contributed by atoms with E-state index in [9.17, 15) is 14.7 Å². The van der Waals surface area contributed by atoms with Crippen molar-refractivity contribution in [2.45, 2.75) is 64.8 Å². The third-order valence-electron chi connectivity index (χ3n) is 6.36. The van der Waals surface area contributed by atoms with Crippen LogP contribution in [-0.2, 0) is 4.79 Å². The minimum Gasteiger partial charge on any atom is -0.550 e. The lowest BCUT2D eigenvalue weighted by atomic mass is 9.96. The Bertz CT molecular complexity index is 1240. The summed E-state index contributed by atoms with van der Waals surface area (Å²) >= 11 is 0. The van der Waals surface area contributed by atoms with Crippen molar-refractivity contribution in [2.75, 3.05) is 5.32 Å². The SMILES string of the molecule is CC(C(=O)[O-])c1cccc(C(=O)c2ccccc2)c1.CC(C)=NC(Nc1ccccc1)=[NH+]C1CCCCC1. The summed E-state index contributed by atoms with van der Waals surface area (Å²) in [5.74, 6) is -1.13. The zero-order valence-electron chi connectivity index (χ0n) is 22.4. The van der Waals surface area contributed by atoms with Gasteiger partial charge in [0.15, 0.2) is 5.78 Å². The fourth-order valence-electron chi connectivity index (χ4n) is 4.26. The summed E-state index contributed by atoms with van der Waals surface area (Å²) in [5.41, 5.74) is 3.77. The van der Waals surface area contributed by atoms with Crippen molar-refractivity contribution in [2.24, 2.45) is 4.99 Å². The van der Waals surface area contributed by atoms with Crippen molar-refractivity contribution in [1.82, 2.24) is 0 Å². The molecule has 1 fully saturated rings. The van der Waals surface area contributed by atoms with Gasteiger partial charge in [-0.05, 0) is 50.5 Å². The van der Waals surface area contributed by atoms with Gasteiger partial charge in [-0.15, -0.1) is 0 Å². The number of nitrogens with one attached hydrogen (secondary N) is 2. The minimum absolute atomic E-state index is 0.118.